The van der Waals surface area contributed by atoms with Gasteiger partial charge < -0.3 is 4.74 Å². The zero-order valence-corrected chi connectivity index (χ0v) is 8.95. The van der Waals surface area contributed by atoms with Crippen LogP contribution in [0.25, 0.3) is 0 Å². The van der Waals surface area contributed by atoms with Crippen molar-refractivity contribution in [2.45, 2.75) is 45.6 Å². The maximum atomic E-state index is 11.3. The Hall–Kier alpha value is -0.530. The van der Waals surface area contributed by atoms with E-state index in [2.05, 4.69) is 6.92 Å². The summed E-state index contributed by atoms with van der Waals surface area (Å²) in [6, 6.07) is 0. The first kappa shape index (κ1) is 8.75. The molecule has 0 spiro atoms. The summed E-state index contributed by atoms with van der Waals surface area (Å²) in [6.07, 6.45) is 4.78. The van der Waals surface area contributed by atoms with Crippen LogP contribution in [-0.4, -0.2) is 12.1 Å². The van der Waals surface area contributed by atoms with Crippen LogP contribution in [0, 0.1) is 23.2 Å². The van der Waals surface area contributed by atoms with Crippen molar-refractivity contribution in [3.8, 4) is 0 Å². The van der Waals surface area contributed by atoms with Gasteiger partial charge in [-0.15, -0.1) is 0 Å². The van der Waals surface area contributed by atoms with Crippen molar-refractivity contribution >= 4 is 5.97 Å². The molecule has 4 saturated carbocycles. The molecule has 0 aromatic carbocycles. The molecule has 5 atom stereocenters. The Morgan fingerprint density at radius 3 is 2.79 bits per heavy atom. The maximum absolute atomic E-state index is 11.3. The first-order valence-electron chi connectivity index (χ1n) is 5.92. The van der Waals surface area contributed by atoms with Crippen LogP contribution in [0.15, 0.2) is 0 Å². The number of hydrogen-bond acceptors (Lipinski definition) is 2. The largest absolute Gasteiger partial charge is 0.462 e. The molecule has 4 rings (SSSR count). The zero-order chi connectivity index (χ0) is 9.92. The van der Waals surface area contributed by atoms with E-state index >= 15 is 0 Å². The number of hydrogen-bond donors (Lipinski definition) is 0. The second-order valence-electron chi connectivity index (χ2n) is 5.23. The fourth-order valence-corrected chi connectivity index (χ4v) is 4.33. The minimum atomic E-state index is -0.000506. The molecule has 0 aliphatic heterocycles. The third-order valence-electron chi connectivity index (χ3n) is 4.96. The monoisotopic (exact) mass is 194 g/mol. The Labute approximate surface area is 85.0 Å². The topological polar surface area (TPSA) is 26.3 Å². The number of carbonyl (C=O) groups is 1. The second-order valence-corrected chi connectivity index (χ2v) is 5.23. The molecule has 2 nitrogen and oxygen atoms in total. The highest BCUT2D eigenvalue weighted by Crippen LogP contribution is 2.80. The lowest BCUT2D eigenvalue weighted by Gasteiger charge is -2.15. The summed E-state index contributed by atoms with van der Waals surface area (Å²) in [6.45, 7) is 4.17. The summed E-state index contributed by atoms with van der Waals surface area (Å²) < 4.78 is 5.56. The van der Waals surface area contributed by atoms with Crippen LogP contribution in [0.5, 0.6) is 0 Å². The van der Waals surface area contributed by atoms with Crippen LogP contribution in [0.3, 0.4) is 0 Å². The first-order chi connectivity index (χ1) is 6.73. The van der Waals surface area contributed by atoms with Crippen LogP contribution in [0.1, 0.15) is 39.5 Å². The van der Waals surface area contributed by atoms with Crippen molar-refractivity contribution in [1.29, 1.82) is 0 Å². The second kappa shape index (κ2) is 2.53. The van der Waals surface area contributed by atoms with Gasteiger partial charge in [-0.3, -0.25) is 4.79 Å². The smallest absolute Gasteiger partial charge is 0.305 e. The van der Waals surface area contributed by atoms with Gasteiger partial charge in [0.2, 0.25) is 0 Å². The molecule has 0 aromatic heterocycles. The first-order valence-corrected chi connectivity index (χ1v) is 5.92. The Bertz CT molecular complexity index is 286. The molecule has 2 heteroatoms. The van der Waals surface area contributed by atoms with Crippen LogP contribution in [-0.2, 0) is 9.53 Å². The standard InChI is InChI=1S/C12H18O2/c1-3-9(13)14-11-7-5-8-10(11)12(8,4-2)6-7/h7-8,10-11H,3-6H2,1-2H3. The third-order valence-corrected chi connectivity index (χ3v) is 4.96. The molecular weight excluding hydrogens is 176 g/mol. The molecule has 4 aliphatic rings. The number of ether oxygens (including phenoxy) is 1. The molecule has 4 fully saturated rings. The lowest BCUT2D eigenvalue weighted by Crippen LogP contribution is -2.21. The van der Waals surface area contributed by atoms with Gasteiger partial charge in [0.05, 0.1) is 0 Å². The zero-order valence-electron chi connectivity index (χ0n) is 8.95. The van der Waals surface area contributed by atoms with E-state index in [1.807, 2.05) is 6.92 Å². The highest BCUT2D eigenvalue weighted by molar-refractivity contribution is 5.69. The van der Waals surface area contributed by atoms with Gasteiger partial charge in [-0.25, -0.2) is 0 Å². The third kappa shape index (κ3) is 0.807. The molecule has 0 radical (unpaired) electrons. The molecule has 78 valence electrons. The summed E-state index contributed by atoms with van der Waals surface area (Å²) in [7, 11) is 0. The van der Waals surface area contributed by atoms with E-state index in [0.29, 0.717) is 23.9 Å². The normalized spacial score (nSPS) is 52.1. The van der Waals surface area contributed by atoms with Crippen molar-refractivity contribution in [2.24, 2.45) is 23.2 Å². The summed E-state index contributed by atoms with van der Waals surface area (Å²) in [5.41, 5.74) is 0.614. The molecule has 0 aromatic rings. The fraction of sp³-hybridized carbons (Fsp3) is 0.917. The Morgan fingerprint density at radius 2 is 2.29 bits per heavy atom. The van der Waals surface area contributed by atoms with Gasteiger partial charge in [0.25, 0.3) is 0 Å². The van der Waals surface area contributed by atoms with Crippen LogP contribution in [0.2, 0.25) is 0 Å². The minimum Gasteiger partial charge on any atom is -0.462 e. The summed E-state index contributed by atoms with van der Waals surface area (Å²) in [5.74, 6) is 2.36. The molecule has 0 N–H and O–H groups in total. The van der Waals surface area contributed by atoms with Crippen molar-refractivity contribution in [1.82, 2.24) is 0 Å². The van der Waals surface area contributed by atoms with Crippen molar-refractivity contribution < 1.29 is 9.53 Å². The lowest BCUT2D eigenvalue weighted by atomic mass is 10.0. The maximum Gasteiger partial charge on any atom is 0.305 e. The molecule has 0 amide bonds. The summed E-state index contributed by atoms with van der Waals surface area (Å²) in [5, 5.41) is 0. The number of carbonyl (C=O) groups excluding carboxylic acids is 1. The van der Waals surface area contributed by atoms with Crippen LogP contribution in [0.4, 0.5) is 0 Å². The predicted octanol–water partition coefficient (Wildman–Crippen LogP) is 2.37. The van der Waals surface area contributed by atoms with Crippen LogP contribution >= 0.6 is 0 Å². The molecule has 14 heavy (non-hydrogen) atoms. The molecule has 0 heterocycles. The Balaban J connectivity index is 1.73. The molecule has 4 aliphatic carbocycles. The van der Waals surface area contributed by atoms with Gasteiger partial charge >= 0.3 is 5.97 Å². The minimum absolute atomic E-state index is 0.000506. The molecule has 0 saturated heterocycles. The molecule has 5 unspecified atom stereocenters. The predicted molar refractivity (Wildman–Crippen MR) is 52.6 cm³/mol. The van der Waals surface area contributed by atoms with Crippen molar-refractivity contribution in [3.05, 3.63) is 0 Å². The fourth-order valence-electron chi connectivity index (χ4n) is 4.33. The highest BCUT2D eigenvalue weighted by Gasteiger charge is 2.78. The van der Waals surface area contributed by atoms with Gasteiger partial charge in [0.1, 0.15) is 6.10 Å². The van der Waals surface area contributed by atoms with Gasteiger partial charge in [-0.1, -0.05) is 13.8 Å². The van der Waals surface area contributed by atoms with Crippen molar-refractivity contribution in [3.63, 3.8) is 0 Å². The lowest BCUT2D eigenvalue weighted by molar-refractivity contribution is -0.150. The van der Waals surface area contributed by atoms with E-state index in [0.717, 1.165) is 11.8 Å². The van der Waals surface area contributed by atoms with Crippen LogP contribution < -0.4 is 0 Å². The van der Waals surface area contributed by atoms with E-state index in [4.69, 9.17) is 4.74 Å². The van der Waals surface area contributed by atoms with E-state index in [9.17, 15) is 4.79 Å². The summed E-state index contributed by atoms with van der Waals surface area (Å²) >= 11 is 0. The quantitative estimate of drug-likeness (QED) is 0.645. The van der Waals surface area contributed by atoms with E-state index < -0.39 is 0 Å². The Morgan fingerprint density at radius 1 is 1.50 bits per heavy atom. The van der Waals surface area contributed by atoms with Gasteiger partial charge in [-0.05, 0) is 36.5 Å². The van der Waals surface area contributed by atoms with Gasteiger partial charge in [0, 0.05) is 12.3 Å². The van der Waals surface area contributed by atoms with E-state index in [1.54, 1.807) is 0 Å². The molecule has 4 bridgehead atoms. The van der Waals surface area contributed by atoms with E-state index in [-0.39, 0.29) is 5.97 Å². The summed E-state index contributed by atoms with van der Waals surface area (Å²) in [4.78, 5) is 11.3. The van der Waals surface area contributed by atoms with Crippen molar-refractivity contribution in [2.75, 3.05) is 0 Å². The average Bonchev–Trinajstić information content (AvgIpc) is 2.61. The van der Waals surface area contributed by atoms with E-state index in [1.165, 1.54) is 19.3 Å². The Kier molecular flexibility index (Phi) is 1.58. The van der Waals surface area contributed by atoms with Gasteiger partial charge in [-0.2, -0.15) is 0 Å². The number of esters is 1. The molecular formula is C12H18O2. The highest BCUT2D eigenvalue weighted by atomic mass is 16.5. The van der Waals surface area contributed by atoms with Gasteiger partial charge in [0.15, 0.2) is 0 Å². The average molecular weight is 194 g/mol. The number of rotatable bonds is 3. The SMILES string of the molecule is CCC(=O)OC1C2CC3C1C3(CC)C2.